The molecule has 0 radical (unpaired) electrons. The van der Waals surface area contributed by atoms with Crippen molar-refractivity contribution in [2.75, 3.05) is 36.6 Å². The van der Waals surface area contributed by atoms with E-state index in [1.54, 1.807) is 37.6 Å². The van der Waals surface area contributed by atoms with Crippen molar-refractivity contribution < 1.29 is 27.5 Å². The number of pyridine rings is 1. The van der Waals surface area contributed by atoms with Crippen LogP contribution in [0, 0.1) is 0 Å². The number of urea groups is 1. The molecule has 11 nitrogen and oxygen atoms in total. The van der Waals surface area contributed by atoms with Crippen molar-refractivity contribution in [2.45, 2.75) is 12.6 Å². The minimum atomic E-state index is -4.64. The summed E-state index contributed by atoms with van der Waals surface area (Å²) >= 11 is 0. The molecule has 1 aromatic carbocycles. The molecule has 0 aliphatic carbocycles. The van der Waals surface area contributed by atoms with Crippen molar-refractivity contribution in [3.05, 3.63) is 66.2 Å². The fourth-order valence-electron chi connectivity index (χ4n) is 3.67. The Hall–Kier alpha value is -4.72. The largest absolute Gasteiger partial charge is 0.433 e. The summed E-state index contributed by atoms with van der Waals surface area (Å²) in [5.41, 5.74) is 7.16. The predicted molar refractivity (Wildman–Crippen MR) is 134 cm³/mol. The quantitative estimate of drug-likeness (QED) is 0.254. The Morgan fingerprint density at radius 3 is 2.58 bits per heavy atom. The number of methoxy groups -OCH3 is 1. The van der Waals surface area contributed by atoms with E-state index >= 15 is 0 Å². The Labute approximate surface area is 214 Å². The van der Waals surface area contributed by atoms with Crippen LogP contribution in [0.3, 0.4) is 0 Å². The third kappa shape index (κ3) is 5.98. The van der Waals surface area contributed by atoms with Gasteiger partial charge >= 0.3 is 12.2 Å². The standard InChI is InChI=1S/C24H23F3N8O3/c1-38-11-3-10-29-22(36)16-12-35-20(21(28)30-13-31-35)19(16)14-6-8-15(9-7-14)32-23(37)34-18-5-2-4-17(33-18)24(25,26)27/h2,4-9,12-13H,3,10-11H2,1H3,(H,29,36)(H2,28,30,31)(H2,32,33,34,37). The molecule has 4 rings (SSSR count). The van der Waals surface area contributed by atoms with Gasteiger partial charge in [0.25, 0.3) is 5.91 Å². The SMILES string of the molecule is COCCCNC(=O)c1cn2ncnc(N)c2c1-c1ccc(NC(=O)Nc2cccc(C(F)(F)F)n2)cc1. The molecule has 0 saturated carbocycles. The number of ether oxygens (including phenoxy) is 1. The van der Waals surface area contributed by atoms with Gasteiger partial charge in [0.1, 0.15) is 23.4 Å². The van der Waals surface area contributed by atoms with E-state index in [1.807, 2.05) is 0 Å². The van der Waals surface area contributed by atoms with Crippen LogP contribution in [0.1, 0.15) is 22.5 Å². The van der Waals surface area contributed by atoms with Gasteiger partial charge in [-0.1, -0.05) is 18.2 Å². The lowest BCUT2D eigenvalue weighted by molar-refractivity contribution is -0.141. The second-order valence-electron chi connectivity index (χ2n) is 8.02. The molecule has 14 heteroatoms. The summed E-state index contributed by atoms with van der Waals surface area (Å²) in [5, 5.41) is 11.8. The number of hydrogen-bond donors (Lipinski definition) is 4. The highest BCUT2D eigenvalue weighted by Gasteiger charge is 2.32. The van der Waals surface area contributed by atoms with Crippen molar-refractivity contribution >= 4 is 34.8 Å². The number of fused-ring (bicyclic) bond motifs is 1. The molecular weight excluding hydrogens is 505 g/mol. The van der Waals surface area contributed by atoms with Crippen LogP contribution in [0.5, 0.6) is 0 Å². The van der Waals surface area contributed by atoms with Crippen LogP contribution >= 0.6 is 0 Å². The van der Waals surface area contributed by atoms with Crippen molar-refractivity contribution in [1.29, 1.82) is 0 Å². The number of nitrogens with zero attached hydrogens (tertiary/aromatic N) is 4. The lowest BCUT2D eigenvalue weighted by atomic mass is 10.0. The van der Waals surface area contributed by atoms with Gasteiger partial charge in [-0.3, -0.25) is 10.1 Å². The number of aromatic nitrogens is 4. The number of halogens is 3. The zero-order valence-electron chi connectivity index (χ0n) is 20.0. The van der Waals surface area contributed by atoms with Gasteiger partial charge in [0.2, 0.25) is 0 Å². The fourth-order valence-corrected chi connectivity index (χ4v) is 3.67. The zero-order valence-corrected chi connectivity index (χ0v) is 20.0. The summed E-state index contributed by atoms with van der Waals surface area (Å²) in [6.07, 6.45) is -1.18. The molecule has 0 aliphatic heterocycles. The lowest BCUT2D eigenvalue weighted by Crippen LogP contribution is -2.25. The average Bonchev–Trinajstić information content (AvgIpc) is 3.28. The van der Waals surface area contributed by atoms with E-state index in [0.29, 0.717) is 47.5 Å². The van der Waals surface area contributed by atoms with Gasteiger partial charge in [-0.05, 0) is 36.2 Å². The maximum absolute atomic E-state index is 13.0. The highest BCUT2D eigenvalue weighted by Crippen LogP contribution is 2.33. The van der Waals surface area contributed by atoms with Crippen LogP contribution < -0.4 is 21.7 Å². The normalized spacial score (nSPS) is 11.4. The molecule has 5 N–H and O–H groups in total. The molecule has 4 aromatic rings. The summed E-state index contributed by atoms with van der Waals surface area (Å²) in [4.78, 5) is 32.7. The fraction of sp³-hybridized carbons (Fsp3) is 0.208. The second-order valence-corrected chi connectivity index (χ2v) is 8.02. The van der Waals surface area contributed by atoms with Gasteiger partial charge in [0.05, 0.1) is 5.56 Å². The van der Waals surface area contributed by atoms with Gasteiger partial charge in [-0.25, -0.2) is 19.3 Å². The number of nitrogens with one attached hydrogen (secondary N) is 3. The smallest absolute Gasteiger partial charge is 0.385 e. The van der Waals surface area contributed by atoms with Crippen LogP contribution in [-0.2, 0) is 10.9 Å². The average molecular weight is 528 g/mol. The molecule has 0 aliphatic rings. The van der Waals surface area contributed by atoms with E-state index in [9.17, 15) is 22.8 Å². The van der Waals surface area contributed by atoms with E-state index < -0.39 is 17.9 Å². The van der Waals surface area contributed by atoms with Crippen LogP contribution in [0.15, 0.2) is 55.0 Å². The third-order valence-electron chi connectivity index (χ3n) is 5.37. The molecule has 0 atom stereocenters. The van der Waals surface area contributed by atoms with Gasteiger partial charge < -0.3 is 21.1 Å². The Morgan fingerprint density at radius 1 is 1.11 bits per heavy atom. The lowest BCUT2D eigenvalue weighted by Gasteiger charge is -2.11. The number of benzene rings is 1. The molecule has 0 saturated heterocycles. The number of hydrogen-bond acceptors (Lipinski definition) is 7. The van der Waals surface area contributed by atoms with Crippen molar-refractivity contribution in [3.8, 4) is 11.1 Å². The first-order chi connectivity index (χ1) is 18.2. The number of anilines is 3. The minimum absolute atomic E-state index is 0.170. The molecule has 3 aromatic heterocycles. The van der Waals surface area contributed by atoms with E-state index in [-0.39, 0.29) is 17.5 Å². The Balaban J connectivity index is 1.54. The van der Waals surface area contributed by atoms with Gasteiger partial charge in [-0.15, -0.1) is 0 Å². The van der Waals surface area contributed by atoms with Crippen LogP contribution in [0.2, 0.25) is 0 Å². The highest BCUT2D eigenvalue weighted by atomic mass is 19.4. The molecule has 198 valence electrons. The Bertz CT molecular complexity index is 1450. The maximum atomic E-state index is 13.0. The summed E-state index contributed by atoms with van der Waals surface area (Å²) < 4.78 is 45.1. The summed E-state index contributed by atoms with van der Waals surface area (Å²) in [7, 11) is 1.58. The van der Waals surface area contributed by atoms with Crippen molar-refractivity contribution in [2.24, 2.45) is 0 Å². The molecule has 0 fully saturated rings. The number of alkyl halides is 3. The summed E-state index contributed by atoms with van der Waals surface area (Å²) in [5.74, 6) is -0.425. The molecule has 3 heterocycles. The molecular formula is C24H23F3N8O3. The number of nitrogens with two attached hydrogens (primary N) is 1. The number of carbonyl (C=O) groups excluding carboxylic acids is 2. The topological polar surface area (TPSA) is 149 Å². The van der Waals surface area contributed by atoms with Crippen molar-refractivity contribution in [1.82, 2.24) is 24.9 Å². The van der Waals surface area contributed by atoms with Crippen LogP contribution in [0.4, 0.5) is 35.3 Å². The first-order valence-electron chi connectivity index (χ1n) is 11.3. The number of carbonyl (C=O) groups is 2. The predicted octanol–water partition coefficient (Wildman–Crippen LogP) is 3.80. The van der Waals surface area contributed by atoms with E-state index in [2.05, 4.69) is 31.0 Å². The monoisotopic (exact) mass is 528 g/mol. The molecule has 0 unspecified atom stereocenters. The number of nitrogen functional groups attached to an aromatic ring is 1. The Morgan fingerprint density at radius 2 is 1.87 bits per heavy atom. The van der Waals surface area contributed by atoms with Crippen LogP contribution in [0.25, 0.3) is 16.6 Å². The second kappa shape index (κ2) is 11.1. The molecule has 3 amide bonds. The number of rotatable bonds is 8. The summed E-state index contributed by atoms with van der Waals surface area (Å²) in [6, 6.07) is 8.85. The molecule has 0 spiro atoms. The van der Waals surface area contributed by atoms with Crippen molar-refractivity contribution in [3.63, 3.8) is 0 Å². The van der Waals surface area contributed by atoms with E-state index in [4.69, 9.17) is 10.5 Å². The maximum Gasteiger partial charge on any atom is 0.433 e. The van der Waals surface area contributed by atoms with Gasteiger partial charge in [0, 0.05) is 37.7 Å². The number of amides is 3. The highest BCUT2D eigenvalue weighted by molar-refractivity contribution is 6.07. The molecule has 0 bridgehead atoms. The first-order valence-corrected chi connectivity index (χ1v) is 11.3. The van der Waals surface area contributed by atoms with E-state index in [0.717, 1.165) is 12.1 Å². The first kappa shape index (κ1) is 26.3. The van der Waals surface area contributed by atoms with Gasteiger partial charge in [-0.2, -0.15) is 18.3 Å². The minimum Gasteiger partial charge on any atom is -0.385 e. The third-order valence-corrected chi connectivity index (χ3v) is 5.37. The Kier molecular flexibility index (Phi) is 7.71. The zero-order chi connectivity index (χ0) is 27.3. The summed E-state index contributed by atoms with van der Waals surface area (Å²) in [6.45, 7) is 0.896. The van der Waals surface area contributed by atoms with Gasteiger partial charge in [0.15, 0.2) is 5.82 Å². The van der Waals surface area contributed by atoms with Crippen LogP contribution in [-0.4, -0.2) is 51.8 Å². The van der Waals surface area contributed by atoms with E-state index in [1.165, 1.54) is 16.9 Å². The molecule has 38 heavy (non-hydrogen) atoms.